The van der Waals surface area contributed by atoms with Crippen LogP contribution in [0.15, 0.2) is 24.3 Å². The van der Waals surface area contributed by atoms with E-state index < -0.39 is 42.4 Å². The van der Waals surface area contributed by atoms with Gasteiger partial charge in [0.25, 0.3) is 0 Å². The Morgan fingerprint density at radius 2 is 1.46 bits per heavy atom. The van der Waals surface area contributed by atoms with Crippen molar-refractivity contribution < 1.29 is 34.5 Å². The summed E-state index contributed by atoms with van der Waals surface area (Å²) in [5.41, 5.74) is 1.51. The predicted molar refractivity (Wildman–Crippen MR) is 91.1 cm³/mol. The molecule has 0 spiro atoms. The Morgan fingerprint density at radius 3 is 1.92 bits per heavy atom. The molecule has 10 heteroatoms. The maximum Gasteiger partial charge on any atom is 0.326 e. The summed E-state index contributed by atoms with van der Waals surface area (Å²) in [6, 6.07) is 3.20. The maximum absolute atomic E-state index is 11.9. The molecule has 0 fully saturated rings. The third-order valence-corrected chi connectivity index (χ3v) is 3.54. The smallest absolute Gasteiger partial charge is 0.326 e. The van der Waals surface area contributed by atoms with Gasteiger partial charge >= 0.3 is 23.9 Å². The van der Waals surface area contributed by atoms with Crippen LogP contribution in [-0.2, 0) is 20.8 Å². The van der Waals surface area contributed by atoms with Gasteiger partial charge in [-0.25, -0.2) is 14.4 Å². The number of carbonyl (C=O) groups excluding carboxylic acids is 1. The van der Waals surface area contributed by atoms with Crippen molar-refractivity contribution >= 4 is 29.6 Å². The molecule has 1 aromatic rings. The van der Waals surface area contributed by atoms with Gasteiger partial charge in [0.1, 0.15) is 12.1 Å². The van der Waals surface area contributed by atoms with Gasteiger partial charge in [0.15, 0.2) is 0 Å². The monoisotopic (exact) mass is 367 g/mol. The van der Waals surface area contributed by atoms with E-state index in [-0.39, 0.29) is 12.8 Å². The van der Waals surface area contributed by atoms with Crippen molar-refractivity contribution in [1.82, 2.24) is 10.6 Å². The van der Waals surface area contributed by atoms with Crippen LogP contribution in [0.25, 0.3) is 0 Å². The zero-order valence-corrected chi connectivity index (χ0v) is 14.1. The van der Waals surface area contributed by atoms with Crippen LogP contribution in [0, 0.1) is 0 Å². The molecule has 0 aromatic heterocycles. The highest BCUT2D eigenvalue weighted by molar-refractivity contribution is 5.86. The molecular weight excluding hydrogens is 346 g/mol. The van der Waals surface area contributed by atoms with Crippen LogP contribution < -0.4 is 16.0 Å². The first-order valence-electron chi connectivity index (χ1n) is 7.74. The minimum absolute atomic E-state index is 0.000385. The van der Waals surface area contributed by atoms with Crippen LogP contribution in [0.4, 0.5) is 10.5 Å². The number of rotatable bonds is 10. The molecule has 0 aliphatic rings. The molecule has 0 heterocycles. The molecule has 0 aliphatic carbocycles. The van der Waals surface area contributed by atoms with Crippen molar-refractivity contribution in [2.24, 2.45) is 0 Å². The minimum Gasteiger partial charge on any atom is -0.481 e. The Hall–Kier alpha value is -3.30. The number of urea groups is 1. The molecule has 142 valence electrons. The Kier molecular flexibility index (Phi) is 7.87. The first-order valence-corrected chi connectivity index (χ1v) is 7.74. The molecule has 2 atom stereocenters. The van der Waals surface area contributed by atoms with Crippen molar-refractivity contribution in [3.8, 4) is 0 Å². The van der Waals surface area contributed by atoms with Crippen molar-refractivity contribution in [3.63, 3.8) is 0 Å². The van der Waals surface area contributed by atoms with E-state index in [4.69, 9.17) is 10.2 Å². The fraction of sp³-hybridized carbons (Fsp3) is 0.375. The highest BCUT2D eigenvalue weighted by Gasteiger charge is 2.25. The summed E-state index contributed by atoms with van der Waals surface area (Å²) in [4.78, 5) is 44.8. The number of carboxylic acids is 3. The maximum atomic E-state index is 11.9. The molecule has 0 aliphatic heterocycles. The van der Waals surface area contributed by atoms with Crippen LogP contribution in [0.5, 0.6) is 0 Å². The van der Waals surface area contributed by atoms with Crippen LogP contribution >= 0.6 is 0 Å². The van der Waals surface area contributed by atoms with E-state index in [0.29, 0.717) is 5.56 Å². The Morgan fingerprint density at radius 1 is 0.923 bits per heavy atom. The summed E-state index contributed by atoms with van der Waals surface area (Å²) in [5, 5.41) is 34.0. The van der Waals surface area contributed by atoms with Crippen molar-refractivity contribution in [3.05, 3.63) is 29.8 Å². The summed E-state index contributed by atoms with van der Waals surface area (Å²) in [5.74, 6) is -3.89. The first kappa shape index (κ1) is 20.7. The lowest BCUT2D eigenvalue weighted by Crippen LogP contribution is -2.51. The number of amides is 2. The lowest BCUT2D eigenvalue weighted by Gasteiger charge is -2.18. The van der Waals surface area contributed by atoms with Crippen molar-refractivity contribution in [1.29, 1.82) is 0 Å². The number of aliphatic carboxylic acids is 3. The molecule has 0 saturated heterocycles. The van der Waals surface area contributed by atoms with Crippen LogP contribution in [-0.4, -0.2) is 58.4 Å². The molecule has 1 rings (SSSR count). The van der Waals surface area contributed by atoms with E-state index in [1.807, 2.05) is 0 Å². The topological polar surface area (TPSA) is 165 Å². The fourth-order valence-corrected chi connectivity index (χ4v) is 2.13. The van der Waals surface area contributed by atoms with E-state index in [2.05, 4.69) is 16.0 Å². The predicted octanol–water partition coefficient (Wildman–Crippen LogP) is 0.341. The summed E-state index contributed by atoms with van der Waals surface area (Å²) in [6.07, 6.45) is -0.766. The minimum atomic E-state index is -1.43. The van der Waals surface area contributed by atoms with Gasteiger partial charge in [-0.05, 0) is 24.1 Å². The Bertz CT molecular complexity index is 660. The van der Waals surface area contributed by atoms with Gasteiger partial charge in [-0.15, -0.1) is 0 Å². The number of hydrogen-bond donors (Lipinski definition) is 6. The molecule has 2 amide bonds. The van der Waals surface area contributed by atoms with E-state index in [9.17, 15) is 24.3 Å². The number of carboxylic acid groups (broad SMARTS) is 3. The van der Waals surface area contributed by atoms with Gasteiger partial charge in [-0.2, -0.15) is 0 Å². The van der Waals surface area contributed by atoms with Gasteiger partial charge in [0.05, 0.1) is 0 Å². The largest absolute Gasteiger partial charge is 0.481 e. The molecule has 26 heavy (non-hydrogen) atoms. The fourth-order valence-electron chi connectivity index (χ4n) is 2.13. The normalized spacial score (nSPS) is 12.5. The summed E-state index contributed by atoms with van der Waals surface area (Å²) in [6.45, 7) is 0. The number of nitrogens with one attached hydrogen (secondary N) is 3. The Balaban J connectivity index is 2.69. The highest BCUT2D eigenvalue weighted by atomic mass is 16.4. The Labute approximate surface area is 149 Å². The number of hydrogen-bond acceptors (Lipinski definition) is 5. The first-order chi connectivity index (χ1) is 12.2. The SMILES string of the molecule is CNc1ccc(C[C@H](NC(=O)N[C@@H](CCC(=O)O)C(=O)O)C(=O)O)cc1. The van der Waals surface area contributed by atoms with Gasteiger partial charge in [-0.1, -0.05) is 12.1 Å². The van der Waals surface area contributed by atoms with Crippen molar-refractivity contribution in [2.75, 3.05) is 12.4 Å². The molecule has 0 unspecified atom stereocenters. The number of carbonyl (C=O) groups is 4. The second kappa shape index (κ2) is 9.87. The van der Waals surface area contributed by atoms with Crippen LogP contribution in [0.3, 0.4) is 0 Å². The highest BCUT2D eigenvalue weighted by Crippen LogP contribution is 2.10. The van der Waals surface area contributed by atoms with Crippen LogP contribution in [0.2, 0.25) is 0 Å². The molecule has 0 saturated carbocycles. The second-order valence-corrected chi connectivity index (χ2v) is 5.48. The van der Waals surface area contributed by atoms with Crippen molar-refractivity contribution in [2.45, 2.75) is 31.3 Å². The average molecular weight is 367 g/mol. The quantitative estimate of drug-likeness (QED) is 0.344. The lowest BCUT2D eigenvalue weighted by molar-refractivity contribution is -0.140. The lowest BCUT2D eigenvalue weighted by atomic mass is 10.1. The van der Waals surface area contributed by atoms with Gasteiger partial charge < -0.3 is 31.3 Å². The van der Waals surface area contributed by atoms with E-state index in [1.165, 1.54) is 0 Å². The average Bonchev–Trinajstić information content (AvgIpc) is 2.58. The van der Waals surface area contributed by atoms with E-state index >= 15 is 0 Å². The van der Waals surface area contributed by atoms with E-state index in [1.54, 1.807) is 31.3 Å². The zero-order chi connectivity index (χ0) is 19.7. The third kappa shape index (κ3) is 7.07. The van der Waals surface area contributed by atoms with Gasteiger partial charge in [0, 0.05) is 25.6 Å². The number of anilines is 1. The van der Waals surface area contributed by atoms with Crippen LogP contribution in [0.1, 0.15) is 18.4 Å². The van der Waals surface area contributed by atoms with E-state index in [0.717, 1.165) is 5.69 Å². The third-order valence-electron chi connectivity index (χ3n) is 3.54. The summed E-state index contributed by atoms with van der Waals surface area (Å²) in [7, 11) is 1.74. The van der Waals surface area contributed by atoms with Gasteiger partial charge in [0.2, 0.25) is 0 Å². The second-order valence-electron chi connectivity index (χ2n) is 5.48. The summed E-state index contributed by atoms with van der Waals surface area (Å²) < 4.78 is 0. The molecule has 10 nitrogen and oxygen atoms in total. The molecule has 0 bridgehead atoms. The molecule has 1 aromatic carbocycles. The zero-order valence-electron chi connectivity index (χ0n) is 14.1. The van der Waals surface area contributed by atoms with Gasteiger partial charge in [-0.3, -0.25) is 4.79 Å². The molecule has 0 radical (unpaired) electrons. The standard InChI is InChI=1S/C16H21N3O7/c1-17-10-4-2-9(3-5-10)8-12(15(24)25)19-16(26)18-11(14(22)23)6-7-13(20)21/h2-5,11-12,17H,6-8H2,1H3,(H,20,21)(H,22,23)(H,24,25)(H2,18,19,26)/t11-,12-/m0/s1. The molecule has 6 N–H and O–H groups in total. The molecular formula is C16H21N3O7. The number of benzene rings is 1. The summed E-state index contributed by atoms with van der Waals surface area (Å²) >= 11 is 0.